The molecule has 0 aromatic heterocycles. The molecule has 0 bridgehead atoms. The van der Waals surface area contributed by atoms with Crippen molar-refractivity contribution in [2.24, 2.45) is 5.92 Å². The second kappa shape index (κ2) is 8.05. The smallest absolute Gasteiger partial charge is 0.262 e. The molecule has 1 N–H and O–H groups in total. The van der Waals surface area contributed by atoms with Crippen LogP contribution in [-0.4, -0.2) is 19.1 Å². The molecule has 2 aromatic carbocycles. The lowest BCUT2D eigenvalue weighted by atomic mass is 9.86. The molecule has 134 valence electrons. The van der Waals surface area contributed by atoms with Gasteiger partial charge in [0.1, 0.15) is 17.4 Å². The van der Waals surface area contributed by atoms with Crippen molar-refractivity contribution in [3.05, 3.63) is 47.5 Å². The number of ether oxygens (including phenoxy) is 1. The van der Waals surface area contributed by atoms with Gasteiger partial charge in [-0.15, -0.1) is 0 Å². The zero-order chi connectivity index (χ0) is 18.5. The first-order valence-corrected chi connectivity index (χ1v) is 9.12. The molecule has 0 radical (unpaired) electrons. The molecule has 1 amide bonds. The van der Waals surface area contributed by atoms with Crippen LogP contribution in [0.2, 0.25) is 0 Å². The topological polar surface area (TPSA) is 62.1 Å². The van der Waals surface area contributed by atoms with Crippen molar-refractivity contribution >= 4 is 22.8 Å². The summed E-state index contributed by atoms with van der Waals surface area (Å²) in [5.41, 5.74) is 0.867. The van der Waals surface area contributed by atoms with Gasteiger partial charge in [0, 0.05) is 11.6 Å². The van der Waals surface area contributed by atoms with Crippen LogP contribution in [0.1, 0.15) is 38.2 Å². The van der Waals surface area contributed by atoms with Crippen molar-refractivity contribution in [2.45, 2.75) is 38.6 Å². The summed E-state index contributed by atoms with van der Waals surface area (Å²) in [4.78, 5) is 12.7. The molecule has 26 heavy (non-hydrogen) atoms. The van der Waals surface area contributed by atoms with Crippen LogP contribution in [0.15, 0.2) is 42.0 Å². The van der Waals surface area contributed by atoms with Gasteiger partial charge in [0.05, 0.1) is 7.11 Å². The first kappa shape index (κ1) is 18.0. The van der Waals surface area contributed by atoms with E-state index in [2.05, 4.69) is 18.3 Å². The quantitative estimate of drug-likeness (QED) is 0.656. The van der Waals surface area contributed by atoms with E-state index in [9.17, 15) is 10.1 Å². The van der Waals surface area contributed by atoms with Crippen LogP contribution in [-0.2, 0) is 4.79 Å². The number of hydrogen-bond acceptors (Lipinski definition) is 3. The molecule has 3 rings (SSSR count). The predicted molar refractivity (Wildman–Crippen MR) is 104 cm³/mol. The summed E-state index contributed by atoms with van der Waals surface area (Å²) in [6.45, 7) is 2.16. The van der Waals surface area contributed by atoms with E-state index in [0.29, 0.717) is 11.7 Å². The van der Waals surface area contributed by atoms with Crippen molar-refractivity contribution < 1.29 is 9.53 Å². The zero-order valence-corrected chi connectivity index (χ0v) is 15.3. The summed E-state index contributed by atoms with van der Waals surface area (Å²) >= 11 is 0. The van der Waals surface area contributed by atoms with E-state index in [0.717, 1.165) is 35.6 Å². The molecule has 4 nitrogen and oxygen atoms in total. The Morgan fingerprint density at radius 1 is 1.23 bits per heavy atom. The second-order valence-electron chi connectivity index (χ2n) is 6.91. The van der Waals surface area contributed by atoms with E-state index < -0.39 is 0 Å². The summed E-state index contributed by atoms with van der Waals surface area (Å²) in [6, 6.07) is 13.9. The summed E-state index contributed by atoms with van der Waals surface area (Å²) < 4.78 is 5.46. The monoisotopic (exact) mass is 348 g/mol. The van der Waals surface area contributed by atoms with Gasteiger partial charge >= 0.3 is 0 Å². The number of carbonyl (C=O) groups is 1. The van der Waals surface area contributed by atoms with Gasteiger partial charge in [0.2, 0.25) is 0 Å². The minimum atomic E-state index is -0.304. The van der Waals surface area contributed by atoms with Crippen molar-refractivity contribution in [2.75, 3.05) is 7.11 Å². The number of benzene rings is 2. The number of methoxy groups -OCH3 is 1. The van der Waals surface area contributed by atoms with Gasteiger partial charge in [-0.1, -0.05) is 50.1 Å². The predicted octanol–water partition coefficient (Wildman–Crippen LogP) is 4.45. The van der Waals surface area contributed by atoms with Crippen molar-refractivity contribution in [3.8, 4) is 11.8 Å². The number of hydrogen-bond donors (Lipinski definition) is 1. The molecule has 0 spiro atoms. The van der Waals surface area contributed by atoms with Gasteiger partial charge in [0.25, 0.3) is 5.91 Å². The van der Waals surface area contributed by atoms with E-state index in [-0.39, 0.29) is 17.5 Å². The fourth-order valence-electron chi connectivity index (χ4n) is 3.67. The van der Waals surface area contributed by atoms with Crippen LogP contribution in [0.3, 0.4) is 0 Å². The van der Waals surface area contributed by atoms with Crippen molar-refractivity contribution in [1.82, 2.24) is 5.32 Å². The van der Waals surface area contributed by atoms with Crippen LogP contribution in [0.4, 0.5) is 0 Å². The Kier molecular flexibility index (Phi) is 5.58. The van der Waals surface area contributed by atoms with Crippen LogP contribution >= 0.6 is 0 Å². The van der Waals surface area contributed by atoms with Gasteiger partial charge in [0.15, 0.2) is 0 Å². The molecule has 0 saturated heterocycles. The second-order valence-corrected chi connectivity index (χ2v) is 6.91. The van der Waals surface area contributed by atoms with Gasteiger partial charge in [-0.3, -0.25) is 4.79 Å². The highest BCUT2D eigenvalue weighted by Gasteiger charge is 2.24. The normalized spacial score (nSPS) is 20.4. The standard InChI is InChI=1S/C22H24N2O2/c1-15-7-3-6-10-20(15)24-22(25)17(14-23)13-19-18-9-5-4-8-16(18)11-12-21(19)26-2/h4-5,8-9,11-13,15,20H,3,6-7,10H2,1-2H3,(H,24,25)/b17-13+/t15-,20-/m0/s1. The van der Waals surface area contributed by atoms with Gasteiger partial charge in [-0.25, -0.2) is 0 Å². The number of fused-ring (bicyclic) bond motifs is 1. The maximum Gasteiger partial charge on any atom is 0.262 e. The zero-order valence-electron chi connectivity index (χ0n) is 15.3. The van der Waals surface area contributed by atoms with Gasteiger partial charge in [-0.05, 0) is 41.7 Å². The highest BCUT2D eigenvalue weighted by atomic mass is 16.5. The molecule has 0 heterocycles. The lowest BCUT2D eigenvalue weighted by Gasteiger charge is -2.29. The van der Waals surface area contributed by atoms with Crippen LogP contribution < -0.4 is 10.1 Å². The van der Waals surface area contributed by atoms with Crippen molar-refractivity contribution in [3.63, 3.8) is 0 Å². The lowest BCUT2D eigenvalue weighted by molar-refractivity contribution is -0.118. The summed E-state index contributed by atoms with van der Waals surface area (Å²) in [5, 5.41) is 14.6. The average Bonchev–Trinajstić information content (AvgIpc) is 2.67. The van der Waals surface area contributed by atoms with E-state index in [4.69, 9.17) is 4.74 Å². The molecule has 1 saturated carbocycles. The fourth-order valence-corrected chi connectivity index (χ4v) is 3.67. The Bertz CT molecular complexity index is 879. The van der Waals surface area contributed by atoms with E-state index in [1.165, 1.54) is 6.42 Å². The Balaban J connectivity index is 1.95. The van der Waals surface area contributed by atoms with E-state index in [1.54, 1.807) is 13.2 Å². The number of rotatable bonds is 4. The molecular formula is C22H24N2O2. The molecule has 2 atom stereocenters. The number of amides is 1. The van der Waals surface area contributed by atoms with Crippen LogP contribution in [0, 0.1) is 17.2 Å². The average molecular weight is 348 g/mol. The third kappa shape index (κ3) is 3.72. The van der Waals surface area contributed by atoms with Gasteiger partial charge in [-0.2, -0.15) is 5.26 Å². The Labute approximate surface area is 154 Å². The molecule has 1 aliphatic carbocycles. The van der Waals surface area contributed by atoms with E-state index >= 15 is 0 Å². The number of nitrogens with zero attached hydrogens (tertiary/aromatic N) is 1. The maximum absolute atomic E-state index is 12.7. The first-order chi connectivity index (χ1) is 12.6. The Morgan fingerprint density at radius 3 is 2.73 bits per heavy atom. The lowest BCUT2D eigenvalue weighted by Crippen LogP contribution is -2.41. The fraction of sp³-hybridized carbons (Fsp3) is 0.364. The first-order valence-electron chi connectivity index (χ1n) is 9.12. The summed E-state index contributed by atoms with van der Waals surface area (Å²) in [6.07, 6.45) is 6.07. The largest absolute Gasteiger partial charge is 0.496 e. The van der Waals surface area contributed by atoms with Crippen LogP contribution in [0.25, 0.3) is 16.8 Å². The van der Waals surface area contributed by atoms with Gasteiger partial charge < -0.3 is 10.1 Å². The minimum absolute atomic E-state index is 0.109. The Hall–Kier alpha value is -2.80. The molecule has 0 aliphatic heterocycles. The highest BCUT2D eigenvalue weighted by Crippen LogP contribution is 2.30. The minimum Gasteiger partial charge on any atom is -0.496 e. The van der Waals surface area contributed by atoms with E-state index in [1.807, 2.05) is 36.4 Å². The third-order valence-corrected chi connectivity index (χ3v) is 5.23. The number of nitrogens with one attached hydrogen (secondary N) is 1. The molecule has 1 aliphatic rings. The molecule has 2 aromatic rings. The SMILES string of the molecule is COc1ccc2ccccc2c1/C=C(\C#N)C(=O)N[C@H]1CCCC[C@@H]1C. The summed E-state index contributed by atoms with van der Waals surface area (Å²) in [7, 11) is 1.59. The van der Waals surface area contributed by atoms with Crippen molar-refractivity contribution in [1.29, 1.82) is 5.26 Å². The number of nitriles is 1. The number of carbonyl (C=O) groups excluding carboxylic acids is 1. The maximum atomic E-state index is 12.7. The summed E-state index contributed by atoms with van der Waals surface area (Å²) in [5.74, 6) is 0.788. The molecule has 1 fully saturated rings. The molecule has 4 heteroatoms. The Morgan fingerprint density at radius 2 is 2.00 bits per heavy atom. The van der Waals surface area contributed by atoms with Crippen LogP contribution in [0.5, 0.6) is 5.75 Å². The molecular weight excluding hydrogens is 324 g/mol. The third-order valence-electron chi connectivity index (χ3n) is 5.23. The highest BCUT2D eigenvalue weighted by molar-refractivity contribution is 6.05. The molecule has 0 unspecified atom stereocenters.